The summed E-state index contributed by atoms with van der Waals surface area (Å²) in [5.41, 5.74) is 0.625. The molecule has 0 aliphatic carbocycles. The summed E-state index contributed by atoms with van der Waals surface area (Å²) in [7, 11) is -3.80. The van der Waals surface area contributed by atoms with Crippen LogP contribution in [0.2, 0.25) is 5.02 Å². The maximum atomic E-state index is 11.6. The number of benzene rings is 1. The zero-order valence-corrected chi connectivity index (χ0v) is 12.3. The van der Waals surface area contributed by atoms with Gasteiger partial charge in [-0.1, -0.05) is 23.7 Å². The van der Waals surface area contributed by atoms with Gasteiger partial charge in [0.2, 0.25) is 15.9 Å². The highest BCUT2D eigenvalue weighted by molar-refractivity contribution is 7.92. The van der Waals surface area contributed by atoms with E-state index in [0.29, 0.717) is 10.6 Å². The Balaban J connectivity index is 2.52. The molecular formula is C12H13ClN2O5S. The molecule has 0 saturated heterocycles. The number of hydrogen-bond acceptors (Lipinski definition) is 4. The molecule has 0 unspecified atom stereocenters. The highest BCUT2D eigenvalue weighted by Gasteiger charge is 2.09. The van der Waals surface area contributed by atoms with Crippen LogP contribution in [0.15, 0.2) is 29.7 Å². The van der Waals surface area contributed by atoms with Crippen LogP contribution in [0.4, 0.5) is 0 Å². The van der Waals surface area contributed by atoms with E-state index in [1.54, 1.807) is 24.3 Å². The quantitative estimate of drug-likeness (QED) is 0.670. The minimum absolute atomic E-state index is 0.531. The van der Waals surface area contributed by atoms with E-state index in [1.165, 1.54) is 6.08 Å². The molecule has 21 heavy (non-hydrogen) atoms. The van der Waals surface area contributed by atoms with Crippen LogP contribution in [0.25, 0.3) is 6.08 Å². The lowest BCUT2D eigenvalue weighted by molar-refractivity contribution is -0.137. The average Bonchev–Trinajstić information content (AvgIpc) is 2.42. The lowest BCUT2D eigenvalue weighted by Crippen LogP contribution is -2.38. The van der Waals surface area contributed by atoms with E-state index in [-0.39, 0.29) is 0 Å². The van der Waals surface area contributed by atoms with Gasteiger partial charge in [-0.2, -0.15) is 0 Å². The third-order valence-electron chi connectivity index (χ3n) is 2.18. The molecule has 0 spiro atoms. The van der Waals surface area contributed by atoms with Crippen LogP contribution < -0.4 is 10.0 Å². The Labute approximate surface area is 126 Å². The molecule has 0 radical (unpaired) electrons. The van der Waals surface area contributed by atoms with Crippen LogP contribution in [0.3, 0.4) is 0 Å². The van der Waals surface area contributed by atoms with Gasteiger partial charge in [0.1, 0.15) is 6.54 Å². The standard InChI is InChI=1S/C12H13ClN2O5S/c13-10-3-1-9(2-4-10)5-6-21(19,20)15-7-11(16)14-8-12(17)18/h1-6,15H,7-8H2,(H,14,16)(H,17,18)/b6-5+. The molecule has 0 aliphatic rings. The number of amides is 1. The van der Waals surface area contributed by atoms with Crippen LogP contribution in [0.5, 0.6) is 0 Å². The minimum atomic E-state index is -3.80. The number of nitrogens with one attached hydrogen (secondary N) is 2. The first-order valence-corrected chi connectivity index (χ1v) is 7.63. The first-order valence-electron chi connectivity index (χ1n) is 5.70. The van der Waals surface area contributed by atoms with Crippen LogP contribution in [-0.2, 0) is 19.6 Å². The van der Waals surface area contributed by atoms with Crippen molar-refractivity contribution in [3.05, 3.63) is 40.3 Å². The third kappa shape index (κ3) is 7.45. The number of hydrogen-bond donors (Lipinski definition) is 3. The van der Waals surface area contributed by atoms with Gasteiger partial charge in [0.15, 0.2) is 0 Å². The topological polar surface area (TPSA) is 113 Å². The van der Waals surface area contributed by atoms with Crippen molar-refractivity contribution >= 4 is 39.6 Å². The second-order valence-corrected chi connectivity index (χ2v) is 5.98. The summed E-state index contributed by atoms with van der Waals surface area (Å²) in [4.78, 5) is 21.4. The highest BCUT2D eigenvalue weighted by atomic mass is 35.5. The van der Waals surface area contributed by atoms with Gasteiger partial charge in [-0.25, -0.2) is 13.1 Å². The Kier molecular flexibility index (Phi) is 6.35. The Morgan fingerprint density at radius 2 is 1.81 bits per heavy atom. The molecule has 114 valence electrons. The zero-order valence-electron chi connectivity index (χ0n) is 10.7. The summed E-state index contributed by atoms with van der Waals surface area (Å²) in [5.74, 6) is -1.95. The van der Waals surface area contributed by atoms with Crippen molar-refractivity contribution in [1.82, 2.24) is 10.0 Å². The largest absolute Gasteiger partial charge is 0.480 e. The van der Waals surface area contributed by atoms with E-state index in [9.17, 15) is 18.0 Å². The summed E-state index contributed by atoms with van der Waals surface area (Å²) in [6.07, 6.45) is 1.34. The molecule has 0 aliphatic heterocycles. The minimum Gasteiger partial charge on any atom is -0.480 e. The number of aliphatic carboxylic acids is 1. The van der Waals surface area contributed by atoms with Crippen molar-refractivity contribution in [3.63, 3.8) is 0 Å². The molecule has 0 fully saturated rings. The molecule has 1 aromatic carbocycles. The van der Waals surface area contributed by atoms with E-state index in [2.05, 4.69) is 0 Å². The van der Waals surface area contributed by atoms with E-state index in [0.717, 1.165) is 5.41 Å². The molecule has 0 aromatic heterocycles. The molecule has 0 heterocycles. The number of carbonyl (C=O) groups excluding carboxylic acids is 1. The normalized spacial score (nSPS) is 11.5. The van der Waals surface area contributed by atoms with Gasteiger partial charge in [-0.3, -0.25) is 9.59 Å². The molecule has 1 aromatic rings. The number of carboxylic acid groups (broad SMARTS) is 1. The maximum absolute atomic E-state index is 11.6. The van der Waals surface area contributed by atoms with Crippen LogP contribution in [0, 0.1) is 0 Å². The molecule has 9 heteroatoms. The van der Waals surface area contributed by atoms with Crippen molar-refractivity contribution < 1.29 is 23.1 Å². The summed E-state index contributed by atoms with van der Waals surface area (Å²) >= 11 is 5.70. The van der Waals surface area contributed by atoms with Crippen molar-refractivity contribution in [2.24, 2.45) is 0 Å². The van der Waals surface area contributed by atoms with Crippen LogP contribution in [-0.4, -0.2) is 38.5 Å². The summed E-state index contributed by atoms with van der Waals surface area (Å²) in [5, 5.41) is 11.8. The Hall–Kier alpha value is -1.90. The molecule has 1 amide bonds. The monoisotopic (exact) mass is 332 g/mol. The van der Waals surface area contributed by atoms with Crippen LogP contribution >= 0.6 is 11.6 Å². The molecule has 0 bridgehead atoms. The van der Waals surface area contributed by atoms with Crippen molar-refractivity contribution in [2.45, 2.75) is 0 Å². The molecule has 0 saturated carbocycles. The third-order valence-corrected chi connectivity index (χ3v) is 3.47. The fourth-order valence-corrected chi connectivity index (χ4v) is 2.08. The lowest BCUT2D eigenvalue weighted by Gasteiger charge is -2.03. The van der Waals surface area contributed by atoms with Gasteiger partial charge < -0.3 is 10.4 Å². The van der Waals surface area contributed by atoms with E-state index in [1.807, 2.05) is 10.0 Å². The maximum Gasteiger partial charge on any atom is 0.322 e. The van der Waals surface area contributed by atoms with Crippen LogP contribution in [0.1, 0.15) is 5.56 Å². The predicted molar refractivity (Wildman–Crippen MR) is 78.1 cm³/mol. The smallest absolute Gasteiger partial charge is 0.322 e. The first-order chi connectivity index (χ1) is 9.78. The van der Waals surface area contributed by atoms with Crippen molar-refractivity contribution in [1.29, 1.82) is 0 Å². The highest BCUT2D eigenvalue weighted by Crippen LogP contribution is 2.10. The average molecular weight is 333 g/mol. The van der Waals surface area contributed by atoms with E-state index in [4.69, 9.17) is 16.7 Å². The van der Waals surface area contributed by atoms with Gasteiger partial charge in [0.25, 0.3) is 0 Å². The van der Waals surface area contributed by atoms with Gasteiger partial charge in [-0.15, -0.1) is 0 Å². The number of sulfonamides is 1. The second kappa shape index (κ2) is 7.77. The zero-order chi connectivity index (χ0) is 15.9. The van der Waals surface area contributed by atoms with Gasteiger partial charge in [0.05, 0.1) is 6.54 Å². The predicted octanol–water partition coefficient (Wildman–Crippen LogP) is 0.431. The Morgan fingerprint density at radius 3 is 2.38 bits per heavy atom. The lowest BCUT2D eigenvalue weighted by atomic mass is 10.2. The van der Waals surface area contributed by atoms with Gasteiger partial charge in [0, 0.05) is 10.4 Å². The van der Waals surface area contributed by atoms with Crippen molar-refractivity contribution in [2.75, 3.05) is 13.1 Å². The number of halogens is 1. The first kappa shape index (κ1) is 17.2. The summed E-state index contributed by atoms with van der Waals surface area (Å²) in [6.45, 7) is -1.11. The summed E-state index contributed by atoms with van der Waals surface area (Å²) < 4.78 is 25.2. The van der Waals surface area contributed by atoms with Gasteiger partial charge >= 0.3 is 5.97 Å². The fraction of sp³-hybridized carbons (Fsp3) is 0.167. The van der Waals surface area contributed by atoms with E-state index < -0.39 is 35.0 Å². The number of rotatable bonds is 7. The molecule has 3 N–H and O–H groups in total. The van der Waals surface area contributed by atoms with Gasteiger partial charge in [-0.05, 0) is 23.8 Å². The second-order valence-electron chi connectivity index (χ2n) is 3.89. The SMILES string of the molecule is O=C(O)CNC(=O)CNS(=O)(=O)/C=C/c1ccc(Cl)cc1. The Bertz CT molecular complexity index is 640. The number of carbonyl (C=O) groups is 2. The fourth-order valence-electron chi connectivity index (χ4n) is 1.19. The molecule has 1 rings (SSSR count). The van der Waals surface area contributed by atoms with E-state index >= 15 is 0 Å². The molecule has 7 nitrogen and oxygen atoms in total. The number of carboxylic acids is 1. The molecule has 0 atom stereocenters. The Morgan fingerprint density at radius 1 is 1.19 bits per heavy atom. The van der Waals surface area contributed by atoms with Crippen molar-refractivity contribution in [3.8, 4) is 0 Å². The summed E-state index contributed by atoms with van der Waals surface area (Å²) in [6, 6.07) is 6.49. The molecular weight excluding hydrogens is 320 g/mol.